The van der Waals surface area contributed by atoms with Gasteiger partial charge in [0, 0.05) is 18.9 Å². The highest BCUT2D eigenvalue weighted by molar-refractivity contribution is 6.02. The Bertz CT molecular complexity index is 791. The maximum absolute atomic E-state index is 12.3. The van der Waals surface area contributed by atoms with Gasteiger partial charge in [0.2, 0.25) is 5.91 Å². The highest BCUT2D eigenvalue weighted by Gasteiger charge is 2.24. The van der Waals surface area contributed by atoms with Crippen LogP contribution in [0.15, 0.2) is 35.4 Å². The van der Waals surface area contributed by atoms with E-state index in [-0.39, 0.29) is 24.8 Å². The molecule has 0 aromatic heterocycles. The summed E-state index contributed by atoms with van der Waals surface area (Å²) in [6.07, 6.45) is -0.756. The van der Waals surface area contributed by atoms with E-state index in [0.29, 0.717) is 13.0 Å². The molecule has 0 saturated carbocycles. The van der Waals surface area contributed by atoms with Crippen LogP contribution in [0.4, 0.5) is 4.79 Å². The minimum Gasteiger partial charge on any atom is -0.453 e. The van der Waals surface area contributed by atoms with Crippen molar-refractivity contribution in [1.29, 1.82) is 0 Å². The first kappa shape index (κ1) is 22.1. The van der Waals surface area contributed by atoms with Crippen molar-refractivity contribution in [2.45, 2.75) is 52.2 Å². The average molecular weight is 402 g/mol. The van der Waals surface area contributed by atoms with Crippen LogP contribution in [0.2, 0.25) is 0 Å². The summed E-state index contributed by atoms with van der Waals surface area (Å²) in [6, 6.07) is 8.78. The van der Waals surface area contributed by atoms with Gasteiger partial charge in [0.25, 0.3) is 5.91 Å². The van der Waals surface area contributed by atoms with Crippen molar-refractivity contribution in [2.75, 3.05) is 6.54 Å². The van der Waals surface area contributed by atoms with Crippen LogP contribution in [0.3, 0.4) is 0 Å². The number of urea groups is 1. The zero-order valence-electron chi connectivity index (χ0n) is 16.8. The molecule has 9 heteroatoms. The van der Waals surface area contributed by atoms with Crippen LogP contribution in [0.5, 0.6) is 0 Å². The zero-order chi connectivity index (χ0) is 21.4. The van der Waals surface area contributed by atoms with Crippen LogP contribution >= 0.6 is 0 Å². The van der Waals surface area contributed by atoms with E-state index in [1.807, 2.05) is 30.3 Å². The summed E-state index contributed by atoms with van der Waals surface area (Å²) < 4.78 is 4.98. The summed E-state index contributed by atoms with van der Waals surface area (Å²) in [5.74, 6) is -1.72. The number of hydrazone groups is 1. The molecule has 0 aliphatic carbocycles. The summed E-state index contributed by atoms with van der Waals surface area (Å²) >= 11 is 0. The molecule has 9 nitrogen and oxygen atoms in total. The van der Waals surface area contributed by atoms with Crippen LogP contribution in [-0.4, -0.2) is 53.2 Å². The van der Waals surface area contributed by atoms with Crippen molar-refractivity contribution in [1.82, 2.24) is 15.6 Å². The highest BCUT2D eigenvalue weighted by Crippen LogP contribution is 2.15. The Labute approximate surface area is 169 Å². The van der Waals surface area contributed by atoms with Gasteiger partial charge in [-0.2, -0.15) is 5.10 Å². The Morgan fingerprint density at radius 2 is 1.79 bits per heavy atom. The van der Waals surface area contributed by atoms with E-state index >= 15 is 0 Å². The maximum atomic E-state index is 12.3. The number of rotatable bonds is 7. The zero-order valence-corrected chi connectivity index (χ0v) is 16.8. The number of carbonyl (C=O) groups excluding carboxylic acids is 4. The second-order valence-electron chi connectivity index (χ2n) is 6.93. The van der Waals surface area contributed by atoms with Crippen molar-refractivity contribution in [3.05, 3.63) is 35.9 Å². The van der Waals surface area contributed by atoms with E-state index in [1.54, 1.807) is 13.8 Å². The highest BCUT2D eigenvalue weighted by atomic mass is 16.5. The normalized spacial score (nSPS) is 14.2. The van der Waals surface area contributed by atoms with E-state index in [9.17, 15) is 19.2 Å². The smallest absolute Gasteiger partial charge is 0.321 e. The molecule has 0 fully saturated rings. The maximum Gasteiger partial charge on any atom is 0.321 e. The van der Waals surface area contributed by atoms with Gasteiger partial charge in [-0.25, -0.2) is 9.80 Å². The number of benzene rings is 1. The standard InChI is InChI=1S/C20H26N4O5/c1-13(2)21-20(28)22-19(27)14(3)29-18(26)10-9-17(25)24-12-11-16(23-24)15-7-5-4-6-8-15/h4-8,13-14H,9-12H2,1-3H3,(H2,21,22,27,28)/t14-/m0/s1. The van der Waals surface area contributed by atoms with Crippen molar-refractivity contribution in [3.63, 3.8) is 0 Å². The largest absolute Gasteiger partial charge is 0.453 e. The van der Waals surface area contributed by atoms with Gasteiger partial charge in [0.15, 0.2) is 6.10 Å². The van der Waals surface area contributed by atoms with Crippen LogP contribution < -0.4 is 10.6 Å². The molecule has 0 radical (unpaired) electrons. The number of nitrogens with one attached hydrogen (secondary N) is 2. The van der Waals surface area contributed by atoms with Gasteiger partial charge < -0.3 is 10.1 Å². The van der Waals surface area contributed by atoms with E-state index in [2.05, 4.69) is 15.7 Å². The first-order chi connectivity index (χ1) is 13.8. The van der Waals surface area contributed by atoms with Crippen LogP contribution in [-0.2, 0) is 19.1 Å². The number of esters is 1. The Balaban J connectivity index is 1.76. The van der Waals surface area contributed by atoms with Gasteiger partial charge in [-0.05, 0) is 26.3 Å². The molecule has 29 heavy (non-hydrogen) atoms. The molecule has 2 rings (SSSR count). The fraction of sp³-hybridized carbons (Fsp3) is 0.450. The Morgan fingerprint density at radius 1 is 1.10 bits per heavy atom. The number of hydrogen-bond acceptors (Lipinski definition) is 6. The molecule has 2 N–H and O–H groups in total. The molecule has 4 amide bonds. The number of imide groups is 1. The molecule has 0 spiro atoms. The van der Waals surface area contributed by atoms with Gasteiger partial charge >= 0.3 is 12.0 Å². The quantitative estimate of drug-likeness (QED) is 0.672. The van der Waals surface area contributed by atoms with Crippen LogP contribution in [0, 0.1) is 0 Å². The number of nitrogens with zero attached hydrogens (tertiary/aromatic N) is 2. The van der Waals surface area contributed by atoms with Gasteiger partial charge in [0.1, 0.15) is 0 Å². The van der Waals surface area contributed by atoms with Crippen molar-refractivity contribution in [3.8, 4) is 0 Å². The molecule has 0 unspecified atom stereocenters. The first-order valence-corrected chi connectivity index (χ1v) is 9.50. The van der Waals surface area contributed by atoms with Crippen molar-refractivity contribution < 1.29 is 23.9 Å². The van der Waals surface area contributed by atoms with E-state index in [1.165, 1.54) is 11.9 Å². The minimum absolute atomic E-state index is 0.0768. The average Bonchev–Trinajstić information content (AvgIpc) is 3.16. The van der Waals surface area contributed by atoms with Crippen molar-refractivity contribution >= 4 is 29.5 Å². The molecule has 1 atom stereocenters. The summed E-state index contributed by atoms with van der Waals surface area (Å²) in [5, 5.41) is 10.3. The number of carbonyl (C=O) groups is 4. The molecule has 1 aliphatic heterocycles. The molecule has 1 aromatic rings. The SMILES string of the molecule is CC(C)NC(=O)NC(=O)[C@H](C)OC(=O)CCC(=O)N1CCC(c2ccccc2)=N1. The van der Waals surface area contributed by atoms with E-state index in [4.69, 9.17) is 4.74 Å². The predicted molar refractivity (Wildman–Crippen MR) is 106 cm³/mol. The fourth-order valence-corrected chi connectivity index (χ4v) is 2.63. The Kier molecular flexibility index (Phi) is 7.88. The lowest BCUT2D eigenvalue weighted by atomic mass is 10.1. The van der Waals surface area contributed by atoms with Crippen LogP contribution in [0.1, 0.15) is 45.6 Å². The molecular formula is C20H26N4O5. The topological polar surface area (TPSA) is 117 Å². The third-order valence-electron chi connectivity index (χ3n) is 4.07. The lowest BCUT2D eigenvalue weighted by molar-refractivity contribution is -0.155. The van der Waals surface area contributed by atoms with Gasteiger partial charge in [-0.15, -0.1) is 0 Å². The minimum atomic E-state index is -1.15. The van der Waals surface area contributed by atoms with Gasteiger partial charge in [0.05, 0.1) is 18.7 Å². The monoisotopic (exact) mass is 402 g/mol. The number of hydrogen-bond donors (Lipinski definition) is 2. The van der Waals surface area contributed by atoms with E-state index in [0.717, 1.165) is 11.3 Å². The summed E-state index contributed by atoms with van der Waals surface area (Å²) in [7, 11) is 0. The van der Waals surface area contributed by atoms with Crippen LogP contribution in [0.25, 0.3) is 0 Å². The Hall–Kier alpha value is -3.23. The fourth-order valence-electron chi connectivity index (χ4n) is 2.63. The molecular weight excluding hydrogens is 376 g/mol. The van der Waals surface area contributed by atoms with Crippen molar-refractivity contribution in [2.24, 2.45) is 5.10 Å². The predicted octanol–water partition coefficient (Wildman–Crippen LogP) is 1.57. The Morgan fingerprint density at radius 3 is 2.45 bits per heavy atom. The van der Waals surface area contributed by atoms with Gasteiger partial charge in [-0.3, -0.25) is 19.7 Å². The third-order valence-corrected chi connectivity index (χ3v) is 4.07. The first-order valence-electron chi connectivity index (χ1n) is 9.50. The summed E-state index contributed by atoms with van der Waals surface area (Å²) in [5.41, 5.74) is 1.79. The second kappa shape index (κ2) is 10.4. The summed E-state index contributed by atoms with van der Waals surface area (Å²) in [4.78, 5) is 47.5. The molecule has 0 bridgehead atoms. The molecule has 1 heterocycles. The number of ether oxygens (including phenoxy) is 1. The molecule has 1 aliphatic rings. The number of amides is 4. The lowest BCUT2D eigenvalue weighted by Crippen LogP contribution is -2.46. The van der Waals surface area contributed by atoms with E-state index < -0.39 is 24.0 Å². The summed E-state index contributed by atoms with van der Waals surface area (Å²) in [6.45, 7) is 5.31. The second-order valence-corrected chi connectivity index (χ2v) is 6.93. The lowest BCUT2D eigenvalue weighted by Gasteiger charge is -2.15. The molecule has 1 aromatic carbocycles. The molecule has 156 valence electrons. The molecule has 0 saturated heterocycles. The van der Waals surface area contributed by atoms with Gasteiger partial charge in [-0.1, -0.05) is 30.3 Å². The third kappa shape index (κ3) is 7.02.